The van der Waals surface area contributed by atoms with E-state index in [1.165, 1.54) is 18.2 Å². The van der Waals surface area contributed by atoms with Crippen LogP contribution < -0.4 is 0 Å². The molecule has 0 aromatic heterocycles. The molecule has 138 valence electrons. The first-order valence-electron chi connectivity index (χ1n) is 8.23. The second kappa shape index (κ2) is 8.33. The molecule has 3 N–H and O–H groups in total. The summed E-state index contributed by atoms with van der Waals surface area (Å²) in [4.78, 5) is 34.7. The van der Waals surface area contributed by atoms with Gasteiger partial charge in [-0.25, -0.2) is 9.59 Å². The average molecular weight is 360 g/mol. The monoisotopic (exact) mass is 360 g/mol. The summed E-state index contributed by atoms with van der Waals surface area (Å²) < 4.78 is 5.18. The van der Waals surface area contributed by atoms with Gasteiger partial charge in [0.15, 0.2) is 0 Å². The van der Waals surface area contributed by atoms with Crippen molar-refractivity contribution in [2.24, 2.45) is 5.92 Å². The number of benzene rings is 1. The fourth-order valence-electron chi connectivity index (χ4n) is 2.83. The standard InChI is InChI=1S/C19H20O7/c1-2-3-7-26-19(25)11-8-14-12(15(9-11)18(23)24)5-4-6-13(14)16(20)10-17(21)22/h4-6,9-11,20H,2-3,7-8H2,1H3,(H,21,22)(H,23,24)/b16-10-. The minimum Gasteiger partial charge on any atom is -0.507 e. The maximum absolute atomic E-state index is 12.3. The van der Waals surface area contributed by atoms with Crippen LogP contribution in [0, 0.1) is 5.92 Å². The van der Waals surface area contributed by atoms with Crippen LogP contribution >= 0.6 is 0 Å². The van der Waals surface area contributed by atoms with Gasteiger partial charge in [-0.2, -0.15) is 0 Å². The zero-order valence-electron chi connectivity index (χ0n) is 14.3. The lowest BCUT2D eigenvalue weighted by molar-refractivity contribution is -0.147. The first kappa shape index (κ1) is 19.2. The number of carboxylic acid groups (broad SMARTS) is 2. The largest absolute Gasteiger partial charge is 0.507 e. The van der Waals surface area contributed by atoms with Crippen LogP contribution in [0.3, 0.4) is 0 Å². The number of aliphatic carboxylic acids is 2. The van der Waals surface area contributed by atoms with Crippen molar-refractivity contribution in [2.45, 2.75) is 26.2 Å². The Morgan fingerprint density at radius 2 is 1.96 bits per heavy atom. The highest BCUT2D eigenvalue weighted by Crippen LogP contribution is 2.34. The molecule has 1 aromatic rings. The number of unbranched alkanes of at least 4 members (excludes halogenated alkanes) is 1. The number of carboxylic acids is 2. The van der Waals surface area contributed by atoms with Crippen molar-refractivity contribution in [3.05, 3.63) is 47.0 Å². The molecule has 0 aliphatic heterocycles. The molecule has 0 fully saturated rings. The van der Waals surface area contributed by atoms with Crippen molar-refractivity contribution in [1.82, 2.24) is 0 Å². The summed E-state index contributed by atoms with van der Waals surface area (Å²) in [7, 11) is 0. The Balaban J connectivity index is 2.45. The topological polar surface area (TPSA) is 121 Å². The fourth-order valence-corrected chi connectivity index (χ4v) is 2.83. The predicted molar refractivity (Wildman–Crippen MR) is 93.4 cm³/mol. The van der Waals surface area contributed by atoms with Gasteiger partial charge in [-0.1, -0.05) is 37.6 Å². The molecule has 0 saturated carbocycles. The van der Waals surface area contributed by atoms with Crippen LogP contribution in [0.1, 0.15) is 36.5 Å². The lowest BCUT2D eigenvalue weighted by Crippen LogP contribution is -2.24. The minimum absolute atomic E-state index is 0.0753. The SMILES string of the molecule is CCCCOC(=O)C1C=C(C(=O)O)c2cccc(/C(O)=C/C(=O)O)c2C1. The number of aliphatic hydroxyl groups is 1. The summed E-state index contributed by atoms with van der Waals surface area (Å²) in [5.74, 6) is -4.40. The molecular formula is C19H20O7. The predicted octanol–water partition coefficient (Wildman–Crippen LogP) is 2.65. The van der Waals surface area contributed by atoms with E-state index in [9.17, 15) is 24.6 Å². The Morgan fingerprint density at radius 1 is 1.23 bits per heavy atom. The van der Waals surface area contributed by atoms with Crippen molar-refractivity contribution >= 4 is 29.2 Å². The molecule has 0 spiro atoms. The van der Waals surface area contributed by atoms with Gasteiger partial charge >= 0.3 is 17.9 Å². The second-order valence-electron chi connectivity index (χ2n) is 5.92. The number of aliphatic hydroxyl groups excluding tert-OH is 1. The molecule has 0 bridgehead atoms. The smallest absolute Gasteiger partial charge is 0.336 e. The van der Waals surface area contributed by atoms with Gasteiger partial charge in [0.1, 0.15) is 5.76 Å². The van der Waals surface area contributed by atoms with E-state index < -0.39 is 29.6 Å². The highest BCUT2D eigenvalue weighted by Gasteiger charge is 2.30. The number of carbonyl (C=O) groups excluding carboxylic acids is 1. The van der Waals surface area contributed by atoms with Crippen molar-refractivity contribution in [1.29, 1.82) is 0 Å². The summed E-state index contributed by atoms with van der Waals surface area (Å²) in [6.45, 7) is 2.21. The van der Waals surface area contributed by atoms with Gasteiger partial charge in [-0.15, -0.1) is 0 Å². The number of fused-ring (bicyclic) bond motifs is 1. The Morgan fingerprint density at radius 3 is 2.58 bits per heavy atom. The highest BCUT2D eigenvalue weighted by atomic mass is 16.5. The van der Waals surface area contributed by atoms with Gasteiger partial charge in [0.2, 0.25) is 0 Å². The Labute approximate surface area is 150 Å². The van der Waals surface area contributed by atoms with E-state index in [4.69, 9.17) is 9.84 Å². The molecule has 26 heavy (non-hydrogen) atoms. The quantitative estimate of drug-likeness (QED) is 0.296. The van der Waals surface area contributed by atoms with Crippen LogP contribution in [-0.4, -0.2) is 39.8 Å². The zero-order chi connectivity index (χ0) is 19.3. The van der Waals surface area contributed by atoms with Crippen molar-refractivity contribution in [3.63, 3.8) is 0 Å². The summed E-state index contributed by atoms with van der Waals surface area (Å²) in [5.41, 5.74) is 0.856. The third-order valence-corrected chi connectivity index (χ3v) is 4.07. The van der Waals surface area contributed by atoms with Gasteiger partial charge in [-0.05, 0) is 24.0 Å². The second-order valence-corrected chi connectivity index (χ2v) is 5.92. The maximum Gasteiger partial charge on any atom is 0.336 e. The van der Waals surface area contributed by atoms with E-state index in [0.717, 1.165) is 6.42 Å². The number of carbonyl (C=O) groups is 3. The van der Waals surface area contributed by atoms with Crippen LogP contribution in [0.15, 0.2) is 30.4 Å². The lowest BCUT2D eigenvalue weighted by Gasteiger charge is -2.23. The number of hydrogen-bond acceptors (Lipinski definition) is 5. The van der Waals surface area contributed by atoms with E-state index >= 15 is 0 Å². The molecule has 0 saturated heterocycles. The van der Waals surface area contributed by atoms with Gasteiger partial charge in [-0.3, -0.25) is 4.79 Å². The lowest BCUT2D eigenvalue weighted by atomic mass is 9.81. The Bertz CT molecular complexity index is 789. The van der Waals surface area contributed by atoms with Crippen molar-refractivity contribution in [3.8, 4) is 0 Å². The molecule has 1 aliphatic rings. The Kier molecular flexibility index (Phi) is 6.16. The first-order valence-corrected chi connectivity index (χ1v) is 8.23. The minimum atomic E-state index is -1.33. The molecular weight excluding hydrogens is 340 g/mol. The van der Waals surface area contributed by atoms with Crippen LogP contribution in [0.4, 0.5) is 0 Å². The summed E-state index contributed by atoms with van der Waals surface area (Å²) in [6, 6.07) is 4.57. The fraction of sp³-hybridized carbons (Fsp3) is 0.316. The maximum atomic E-state index is 12.3. The van der Waals surface area contributed by atoms with Gasteiger partial charge < -0.3 is 20.1 Å². The average Bonchev–Trinajstić information content (AvgIpc) is 2.59. The molecule has 1 unspecified atom stereocenters. The van der Waals surface area contributed by atoms with Gasteiger partial charge in [0.05, 0.1) is 24.2 Å². The molecule has 2 rings (SSSR count). The third kappa shape index (κ3) is 4.30. The summed E-state index contributed by atoms with van der Waals surface area (Å²) >= 11 is 0. The normalized spacial score (nSPS) is 16.4. The number of ether oxygens (including phenoxy) is 1. The molecule has 7 nitrogen and oxygen atoms in total. The zero-order valence-corrected chi connectivity index (χ0v) is 14.3. The summed E-state index contributed by atoms with van der Waals surface area (Å²) in [6.07, 6.45) is 3.65. The van der Waals surface area contributed by atoms with Crippen LogP contribution in [0.25, 0.3) is 11.3 Å². The molecule has 7 heteroatoms. The van der Waals surface area contributed by atoms with Crippen molar-refractivity contribution in [2.75, 3.05) is 6.61 Å². The number of rotatable bonds is 7. The molecule has 1 atom stereocenters. The van der Waals surface area contributed by atoms with Gasteiger partial charge in [0.25, 0.3) is 0 Å². The van der Waals surface area contributed by atoms with Crippen LogP contribution in [-0.2, 0) is 25.5 Å². The van der Waals surface area contributed by atoms with E-state index in [1.54, 1.807) is 6.07 Å². The third-order valence-electron chi connectivity index (χ3n) is 4.07. The molecule has 1 aromatic carbocycles. The van der Waals surface area contributed by atoms with E-state index in [-0.39, 0.29) is 24.2 Å². The number of esters is 1. The molecule has 0 radical (unpaired) electrons. The van der Waals surface area contributed by atoms with Crippen molar-refractivity contribution < 1.29 is 34.4 Å². The number of hydrogen-bond donors (Lipinski definition) is 3. The molecule has 1 aliphatic carbocycles. The summed E-state index contributed by atoms with van der Waals surface area (Å²) in [5, 5.41) is 28.4. The highest BCUT2D eigenvalue weighted by molar-refractivity contribution is 6.17. The molecule has 0 heterocycles. The van der Waals surface area contributed by atoms with E-state index in [1.807, 2.05) is 6.92 Å². The van der Waals surface area contributed by atoms with Crippen LogP contribution in [0.5, 0.6) is 0 Å². The van der Waals surface area contributed by atoms with E-state index in [0.29, 0.717) is 23.6 Å². The van der Waals surface area contributed by atoms with E-state index in [2.05, 4.69) is 0 Å². The Hall–Kier alpha value is -3.09. The van der Waals surface area contributed by atoms with Gasteiger partial charge in [0, 0.05) is 5.56 Å². The molecule has 0 amide bonds. The first-order chi connectivity index (χ1) is 12.3. The van der Waals surface area contributed by atoms with Crippen LogP contribution in [0.2, 0.25) is 0 Å².